The third-order valence-corrected chi connectivity index (χ3v) is 2.33. The first-order chi connectivity index (χ1) is 6.84. The van der Waals surface area contributed by atoms with Gasteiger partial charge in [0.15, 0.2) is 0 Å². The van der Waals surface area contributed by atoms with Gasteiger partial charge in [-0.1, -0.05) is 0 Å². The van der Waals surface area contributed by atoms with Crippen LogP contribution in [0.5, 0.6) is 0 Å². The van der Waals surface area contributed by atoms with Crippen molar-refractivity contribution in [2.75, 3.05) is 6.61 Å². The predicted octanol–water partition coefficient (Wildman–Crippen LogP) is -3.80. The normalized spacial score (nSPS) is 42.9. The number of aliphatic hydroxyl groups excluding tert-OH is 4. The molecule has 88 valence electrons. The van der Waals surface area contributed by atoms with Crippen LogP contribution in [0.25, 0.3) is 0 Å². The van der Waals surface area contributed by atoms with Crippen LogP contribution in [0.2, 0.25) is 0 Å². The summed E-state index contributed by atoms with van der Waals surface area (Å²) in [5.41, 5.74) is 2.72. The fraction of sp³-hybridized carbons (Fsp3) is 0.857. The van der Waals surface area contributed by atoms with E-state index in [1.807, 2.05) is 0 Å². The van der Waals surface area contributed by atoms with Crippen LogP contribution in [0.15, 0.2) is 0 Å². The minimum atomic E-state index is -2.47. The number of rotatable bonds is 3. The molecule has 0 aromatic carbocycles. The van der Waals surface area contributed by atoms with Gasteiger partial charge in [0.25, 0.3) is 0 Å². The van der Waals surface area contributed by atoms with Gasteiger partial charge in [-0.25, -0.2) is 4.79 Å². The summed E-state index contributed by atoms with van der Waals surface area (Å²) in [6.45, 7) is -0.746. The second kappa shape index (κ2) is 4.00. The topological polar surface area (TPSA) is 153 Å². The highest BCUT2D eigenvalue weighted by atomic mass is 16.6. The number of aliphatic carboxylic acids is 1. The SMILES string of the molecule is N[C@@]1(C(=O)O)O[C@@H]([C@@H](O)CO)[C@H](O)[C@@H]1O. The van der Waals surface area contributed by atoms with Gasteiger partial charge in [-0.2, -0.15) is 0 Å². The molecule has 0 aliphatic carbocycles. The van der Waals surface area contributed by atoms with Crippen molar-refractivity contribution < 1.29 is 35.1 Å². The molecular formula is C7H13NO7. The first kappa shape index (κ1) is 12.3. The molecule has 1 rings (SSSR count). The Morgan fingerprint density at radius 3 is 2.40 bits per heavy atom. The van der Waals surface area contributed by atoms with Crippen molar-refractivity contribution in [2.24, 2.45) is 5.73 Å². The van der Waals surface area contributed by atoms with Gasteiger partial charge in [0.1, 0.15) is 24.4 Å². The van der Waals surface area contributed by atoms with Crippen LogP contribution in [0.4, 0.5) is 0 Å². The van der Waals surface area contributed by atoms with Crippen molar-refractivity contribution in [1.82, 2.24) is 0 Å². The number of hydrogen-bond acceptors (Lipinski definition) is 7. The average Bonchev–Trinajstić information content (AvgIpc) is 2.43. The summed E-state index contributed by atoms with van der Waals surface area (Å²) in [6, 6.07) is 0. The van der Waals surface area contributed by atoms with E-state index in [-0.39, 0.29) is 0 Å². The van der Waals surface area contributed by atoms with E-state index in [9.17, 15) is 15.0 Å². The molecule has 15 heavy (non-hydrogen) atoms. The molecule has 8 heteroatoms. The number of carbonyl (C=O) groups is 1. The maximum absolute atomic E-state index is 10.7. The number of nitrogens with two attached hydrogens (primary N) is 1. The second-order valence-corrected chi connectivity index (χ2v) is 3.37. The Morgan fingerprint density at radius 1 is 1.53 bits per heavy atom. The fourth-order valence-corrected chi connectivity index (χ4v) is 1.38. The Bertz CT molecular complexity index is 260. The quantitative estimate of drug-likeness (QED) is 0.285. The summed E-state index contributed by atoms with van der Waals surface area (Å²) >= 11 is 0. The molecule has 1 heterocycles. The molecule has 8 nitrogen and oxygen atoms in total. The molecular weight excluding hydrogens is 210 g/mol. The highest BCUT2D eigenvalue weighted by Gasteiger charge is 2.58. The number of carboxylic acids is 1. The Hall–Kier alpha value is -0.770. The Balaban J connectivity index is 2.89. The van der Waals surface area contributed by atoms with Gasteiger partial charge in [-0.15, -0.1) is 0 Å². The van der Waals surface area contributed by atoms with Crippen molar-refractivity contribution in [3.8, 4) is 0 Å². The summed E-state index contributed by atoms with van der Waals surface area (Å²) in [6.07, 6.45) is -6.50. The monoisotopic (exact) mass is 223 g/mol. The molecule has 5 atom stereocenters. The molecule has 0 amide bonds. The molecule has 1 aliphatic heterocycles. The zero-order valence-corrected chi connectivity index (χ0v) is 7.65. The highest BCUT2D eigenvalue weighted by molar-refractivity contribution is 5.78. The Kier molecular flexibility index (Phi) is 3.28. The minimum absolute atomic E-state index is 0.746. The zero-order chi connectivity index (χ0) is 11.8. The Morgan fingerprint density at radius 2 is 2.07 bits per heavy atom. The molecule has 1 fully saturated rings. The van der Waals surface area contributed by atoms with E-state index in [0.717, 1.165) is 0 Å². The van der Waals surface area contributed by atoms with Crippen molar-refractivity contribution in [3.05, 3.63) is 0 Å². The fourth-order valence-electron chi connectivity index (χ4n) is 1.38. The van der Waals surface area contributed by atoms with Crippen LogP contribution in [0.1, 0.15) is 0 Å². The number of carboxylic acid groups (broad SMARTS) is 1. The van der Waals surface area contributed by atoms with Crippen molar-refractivity contribution in [1.29, 1.82) is 0 Å². The van der Waals surface area contributed by atoms with E-state index in [1.54, 1.807) is 0 Å². The molecule has 1 aliphatic rings. The van der Waals surface area contributed by atoms with Gasteiger partial charge in [-0.3, -0.25) is 5.73 Å². The van der Waals surface area contributed by atoms with E-state index in [0.29, 0.717) is 0 Å². The largest absolute Gasteiger partial charge is 0.478 e. The van der Waals surface area contributed by atoms with Gasteiger partial charge >= 0.3 is 5.97 Å². The summed E-state index contributed by atoms with van der Waals surface area (Å²) in [5, 5.41) is 45.1. The van der Waals surface area contributed by atoms with Crippen LogP contribution >= 0.6 is 0 Å². The molecule has 0 saturated carbocycles. The smallest absolute Gasteiger partial charge is 0.354 e. The number of ether oxygens (including phenoxy) is 1. The average molecular weight is 223 g/mol. The first-order valence-corrected chi connectivity index (χ1v) is 4.19. The number of aliphatic hydroxyl groups is 4. The molecule has 0 unspecified atom stereocenters. The minimum Gasteiger partial charge on any atom is -0.478 e. The van der Waals surface area contributed by atoms with Gasteiger partial charge in [0.2, 0.25) is 5.72 Å². The van der Waals surface area contributed by atoms with Crippen LogP contribution in [0.3, 0.4) is 0 Å². The van der Waals surface area contributed by atoms with Crippen LogP contribution in [-0.2, 0) is 9.53 Å². The lowest BCUT2D eigenvalue weighted by Gasteiger charge is -2.22. The zero-order valence-electron chi connectivity index (χ0n) is 7.65. The summed E-state index contributed by atoms with van der Waals surface area (Å²) in [5.74, 6) is -1.67. The maximum atomic E-state index is 10.7. The molecule has 0 bridgehead atoms. The maximum Gasteiger partial charge on any atom is 0.354 e. The van der Waals surface area contributed by atoms with E-state index in [1.165, 1.54) is 0 Å². The molecule has 1 saturated heterocycles. The van der Waals surface area contributed by atoms with E-state index in [4.69, 9.17) is 21.1 Å². The number of hydrogen-bond donors (Lipinski definition) is 6. The van der Waals surface area contributed by atoms with Gasteiger partial charge < -0.3 is 30.3 Å². The standard InChI is InChI=1S/C7H13NO7/c8-7(6(13)14)5(12)3(11)4(15-7)2(10)1-9/h2-5,9-12H,1,8H2,(H,13,14)/t2-,3-,4-,5-,7+/m0/s1. The van der Waals surface area contributed by atoms with Crippen molar-refractivity contribution in [2.45, 2.75) is 30.1 Å². The van der Waals surface area contributed by atoms with Gasteiger partial charge in [-0.05, 0) is 0 Å². The molecule has 0 spiro atoms. The van der Waals surface area contributed by atoms with Crippen LogP contribution < -0.4 is 5.73 Å². The summed E-state index contributed by atoms with van der Waals surface area (Å²) in [4.78, 5) is 10.7. The highest BCUT2D eigenvalue weighted by Crippen LogP contribution is 2.29. The van der Waals surface area contributed by atoms with Gasteiger partial charge in [0, 0.05) is 0 Å². The van der Waals surface area contributed by atoms with E-state index >= 15 is 0 Å². The molecule has 7 N–H and O–H groups in total. The van der Waals surface area contributed by atoms with Crippen molar-refractivity contribution in [3.63, 3.8) is 0 Å². The lowest BCUT2D eigenvalue weighted by Crippen LogP contribution is -2.57. The van der Waals surface area contributed by atoms with Gasteiger partial charge in [0.05, 0.1) is 6.61 Å². The van der Waals surface area contributed by atoms with E-state index < -0.39 is 42.7 Å². The molecule has 0 aromatic heterocycles. The third-order valence-electron chi connectivity index (χ3n) is 2.33. The predicted molar refractivity (Wildman–Crippen MR) is 44.5 cm³/mol. The first-order valence-electron chi connectivity index (χ1n) is 4.19. The molecule has 0 aromatic rings. The van der Waals surface area contributed by atoms with Crippen LogP contribution in [-0.4, -0.2) is 68.2 Å². The Labute approximate surface area is 84.5 Å². The summed E-state index contributed by atoms with van der Waals surface area (Å²) in [7, 11) is 0. The second-order valence-electron chi connectivity index (χ2n) is 3.37. The third kappa shape index (κ3) is 1.83. The summed E-state index contributed by atoms with van der Waals surface area (Å²) < 4.78 is 4.66. The van der Waals surface area contributed by atoms with Crippen molar-refractivity contribution >= 4 is 5.97 Å². The lowest BCUT2D eigenvalue weighted by molar-refractivity contribution is -0.177. The molecule has 0 radical (unpaired) electrons. The lowest BCUT2D eigenvalue weighted by atomic mass is 10.0. The van der Waals surface area contributed by atoms with Crippen LogP contribution in [0, 0.1) is 0 Å². The van der Waals surface area contributed by atoms with E-state index in [2.05, 4.69) is 4.74 Å².